The van der Waals surface area contributed by atoms with Crippen molar-refractivity contribution in [3.8, 4) is 0 Å². The fourth-order valence-corrected chi connectivity index (χ4v) is 3.66. The van der Waals surface area contributed by atoms with Crippen LogP contribution in [0.15, 0.2) is 64.5 Å². The van der Waals surface area contributed by atoms with E-state index in [1.807, 2.05) is 65.6 Å². The molecular weight excluding hydrogens is 328 g/mol. The summed E-state index contributed by atoms with van der Waals surface area (Å²) >= 11 is 1.45. The highest BCUT2D eigenvalue weighted by Crippen LogP contribution is 2.35. The maximum Gasteiger partial charge on any atom is 0.266 e. The molecule has 1 saturated heterocycles. The molecule has 0 radical (unpaired) electrons. The van der Waals surface area contributed by atoms with Crippen LogP contribution in [0.4, 0.5) is 5.69 Å². The van der Waals surface area contributed by atoms with Crippen LogP contribution in [0.5, 0.6) is 0 Å². The number of amidine groups is 1. The van der Waals surface area contributed by atoms with E-state index in [0.717, 1.165) is 27.7 Å². The van der Waals surface area contributed by atoms with E-state index in [1.165, 1.54) is 17.3 Å². The highest BCUT2D eigenvalue weighted by molar-refractivity contribution is 8.18. The minimum atomic E-state index is 0.0362. The van der Waals surface area contributed by atoms with Crippen molar-refractivity contribution in [1.29, 1.82) is 0 Å². The molecule has 1 fully saturated rings. The number of thioether (sulfide) groups is 1. The van der Waals surface area contributed by atoms with Crippen molar-refractivity contribution < 1.29 is 4.79 Å². The number of aliphatic imine (C=N–C) groups is 1. The largest absolute Gasteiger partial charge is 0.284 e. The highest BCUT2D eigenvalue weighted by Gasteiger charge is 2.36. The molecule has 3 nitrogen and oxygen atoms in total. The lowest BCUT2D eigenvalue weighted by Crippen LogP contribution is -2.36. The third-order valence-electron chi connectivity index (χ3n) is 4.22. The summed E-state index contributed by atoms with van der Waals surface area (Å²) in [4.78, 5) is 20.2. The van der Waals surface area contributed by atoms with Crippen molar-refractivity contribution in [3.05, 3.63) is 70.6 Å². The van der Waals surface area contributed by atoms with E-state index >= 15 is 0 Å². The average molecular weight is 350 g/mol. The van der Waals surface area contributed by atoms with Crippen LogP contribution in [-0.2, 0) is 4.79 Å². The first kappa shape index (κ1) is 17.5. The lowest BCUT2D eigenvalue weighted by Gasteiger charge is -2.22. The maximum atomic E-state index is 12.9. The van der Waals surface area contributed by atoms with Crippen molar-refractivity contribution >= 4 is 34.6 Å². The summed E-state index contributed by atoms with van der Waals surface area (Å²) in [6.45, 7) is 6.20. The van der Waals surface area contributed by atoms with Crippen LogP contribution in [0.25, 0.3) is 6.08 Å². The summed E-state index contributed by atoms with van der Waals surface area (Å²) in [5, 5.41) is 0.755. The lowest BCUT2D eigenvalue weighted by atomic mass is 10.2. The minimum absolute atomic E-state index is 0.0362. The first-order valence-electron chi connectivity index (χ1n) is 8.52. The predicted octanol–water partition coefficient (Wildman–Crippen LogP) is 5.40. The Bertz CT molecular complexity index is 810. The Balaban J connectivity index is 1.97. The Morgan fingerprint density at radius 1 is 1.12 bits per heavy atom. The Morgan fingerprint density at radius 3 is 2.44 bits per heavy atom. The van der Waals surface area contributed by atoms with E-state index in [4.69, 9.17) is 4.99 Å². The zero-order chi connectivity index (χ0) is 17.8. The number of hydrogen-bond acceptors (Lipinski definition) is 3. The van der Waals surface area contributed by atoms with Crippen molar-refractivity contribution in [2.24, 2.45) is 4.99 Å². The van der Waals surface area contributed by atoms with Gasteiger partial charge in [0.05, 0.1) is 10.6 Å². The van der Waals surface area contributed by atoms with Crippen LogP contribution >= 0.6 is 11.8 Å². The quantitative estimate of drug-likeness (QED) is 0.692. The molecule has 1 aliphatic heterocycles. The summed E-state index contributed by atoms with van der Waals surface area (Å²) in [5.74, 6) is 0.0362. The molecule has 4 heteroatoms. The number of hydrogen-bond donors (Lipinski definition) is 0. The summed E-state index contributed by atoms with van der Waals surface area (Å²) in [5.41, 5.74) is 3.09. The number of carbonyl (C=O) groups is 1. The Labute approximate surface area is 153 Å². The van der Waals surface area contributed by atoms with E-state index < -0.39 is 0 Å². The van der Waals surface area contributed by atoms with E-state index in [2.05, 4.69) is 20.8 Å². The van der Waals surface area contributed by atoms with Gasteiger partial charge in [0.1, 0.15) is 0 Å². The molecule has 1 aliphatic rings. The second kappa shape index (κ2) is 7.70. The van der Waals surface area contributed by atoms with Crippen molar-refractivity contribution in [2.75, 3.05) is 0 Å². The van der Waals surface area contributed by atoms with Gasteiger partial charge in [-0.1, -0.05) is 55.0 Å². The standard InChI is InChI=1S/C21H22N2OS/c1-4-16(3)23-20(24)19(14-17-8-6-5-7-9-17)25-21(23)22-18-12-10-15(2)11-13-18/h5-14,16H,4H2,1-3H3/b19-14+,22-21?/t16-/m1/s1. The van der Waals surface area contributed by atoms with Crippen molar-refractivity contribution in [1.82, 2.24) is 4.90 Å². The average Bonchev–Trinajstić information content (AvgIpc) is 2.92. The van der Waals surface area contributed by atoms with Gasteiger partial charge in [-0.2, -0.15) is 0 Å². The van der Waals surface area contributed by atoms with E-state index in [0.29, 0.717) is 0 Å². The smallest absolute Gasteiger partial charge is 0.266 e. The van der Waals surface area contributed by atoms with Gasteiger partial charge in [0.2, 0.25) is 0 Å². The Hall–Kier alpha value is -2.33. The molecule has 0 aliphatic carbocycles. The predicted molar refractivity (Wildman–Crippen MR) is 107 cm³/mol. The third-order valence-corrected chi connectivity index (χ3v) is 5.21. The zero-order valence-electron chi connectivity index (χ0n) is 14.8. The van der Waals surface area contributed by atoms with Gasteiger partial charge in [-0.05, 0) is 55.8 Å². The third kappa shape index (κ3) is 4.02. The Kier molecular flexibility index (Phi) is 5.39. The molecule has 2 aromatic rings. The minimum Gasteiger partial charge on any atom is -0.284 e. The number of carbonyl (C=O) groups excluding carboxylic acids is 1. The van der Waals surface area contributed by atoms with Crippen LogP contribution in [0.2, 0.25) is 0 Å². The lowest BCUT2D eigenvalue weighted by molar-refractivity contribution is -0.123. The van der Waals surface area contributed by atoms with Gasteiger partial charge in [0, 0.05) is 6.04 Å². The topological polar surface area (TPSA) is 32.7 Å². The zero-order valence-corrected chi connectivity index (χ0v) is 15.6. The van der Waals surface area contributed by atoms with Crippen LogP contribution in [0.1, 0.15) is 31.4 Å². The van der Waals surface area contributed by atoms with Gasteiger partial charge in [0.15, 0.2) is 5.17 Å². The molecule has 0 bridgehead atoms. The summed E-state index contributed by atoms with van der Waals surface area (Å²) in [6.07, 6.45) is 2.83. The molecule has 1 amide bonds. The van der Waals surface area contributed by atoms with Crippen molar-refractivity contribution in [3.63, 3.8) is 0 Å². The fraction of sp³-hybridized carbons (Fsp3) is 0.238. The molecule has 0 aromatic heterocycles. The second-order valence-electron chi connectivity index (χ2n) is 6.18. The number of benzene rings is 2. The Morgan fingerprint density at radius 2 is 1.80 bits per heavy atom. The number of rotatable bonds is 4. The summed E-state index contributed by atoms with van der Waals surface area (Å²) < 4.78 is 0. The molecule has 0 saturated carbocycles. The summed E-state index contributed by atoms with van der Waals surface area (Å²) in [6, 6.07) is 18.1. The number of amides is 1. The molecule has 0 unspecified atom stereocenters. The van der Waals surface area contributed by atoms with Crippen LogP contribution in [-0.4, -0.2) is 22.0 Å². The number of aryl methyl sites for hydroxylation is 1. The fourth-order valence-electron chi connectivity index (χ4n) is 2.57. The molecule has 2 aromatic carbocycles. The molecule has 3 rings (SSSR count). The highest BCUT2D eigenvalue weighted by atomic mass is 32.2. The monoisotopic (exact) mass is 350 g/mol. The van der Waals surface area contributed by atoms with Gasteiger partial charge in [-0.25, -0.2) is 4.99 Å². The molecular formula is C21H22N2OS. The van der Waals surface area contributed by atoms with E-state index in [-0.39, 0.29) is 11.9 Å². The van der Waals surface area contributed by atoms with E-state index in [9.17, 15) is 4.79 Å². The van der Waals surface area contributed by atoms with Crippen molar-refractivity contribution in [2.45, 2.75) is 33.2 Å². The molecule has 25 heavy (non-hydrogen) atoms. The summed E-state index contributed by atoms with van der Waals surface area (Å²) in [7, 11) is 0. The van der Waals surface area contributed by atoms with Gasteiger partial charge in [0.25, 0.3) is 5.91 Å². The van der Waals surface area contributed by atoms with Gasteiger partial charge < -0.3 is 0 Å². The second-order valence-corrected chi connectivity index (χ2v) is 7.19. The van der Waals surface area contributed by atoms with Gasteiger partial charge in [-0.3, -0.25) is 9.69 Å². The first-order valence-corrected chi connectivity index (χ1v) is 9.33. The molecule has 0 spiro atoms. The molecule has 1 atom stereocenters. The van der Waals surface area contributed by atoms with Gasteiger partial charge in [-0.15, -0.1) is 0 Å². The SMILES string of the molecule is CC[C@@H](C)N1C(=O)/C(=C\c2ccccc2)SC1=Nc1ccc(C)cc1. The number of nitrogens with zero attached hydrogens (tertiary/aromatic N) is 2. The maximum absolute atomic E-state index is 12.9. The molecule has 128 valence electrons. The van der Waals surface area contributed by atoms with E-state index in [1.54, 1.807) is 0 Å². The first-order chi connectivity index (χ1) is 12.1. The molecule has 0 N–H and O–H groups in total. The normalized spacial score (nSPS) is 19.0. The van der Waals surface area contributed by atoms with Crippen LogP contribution in [0.3, 0.4) is 0 Å². The van der Waals surface area contributed by atoms with Crippen LogP contribution in [0, 0.1) is 6.92 Å². The van der Waals surface area contributed by atoms with Gasteiger partial charge >= 0.3 is 0 Å². The molecule has 1 heterocycles. The van der Waals surface area contributed by atoms with Crippen LogP contribution < -0.4 is 0 Å².